The van der Waals surface area contributed by atoms with Gasteiger partial charge in [-0.15, -0.1) is 34.4 Å². The van der Waals surface area contributed by atoms with Crippen molar-refractivity contribution in [1.29, 1.82) is 0 Å². The molecular formula is C22H29BrS3. The second-order valence-electron chi connectivity index (χ2n) is 7.13. The molecule has 0 aliphatic carbocycles. The lowest BCUT2D eigenvalue weighted by molar-refractivity contribution is 0.575. The summed E-state index contributed by atoms with van der Waals surface area (Å²) >= 11 is 9.79. The number of halogens is 1. The zero-order chi connectivity index (χ0) is 18.2. The summed E-state index contributed by atoms with van der Waals surface area (Å²) in [7, 11) is 0. The van der Waals surface area contributed by atoms with E-state index in [9.17, 15) is 0 Å². The van der Waals surface area contributed by atoms with E-state index in [-0.39, 0.29) is 3.66 Å². The van der Waals surface area contributed by atoms with Crippen molar-refractivity contribution in [2.45, 2.75) is 74.3 Å². The van der Waals surface area contributed by atoms with E-state index in [2.05, 4.69) is 63.3 Å². The van der Waals surface area contributed by atoms with E-state index in [0.29, 0.717) is 5.92 Å². The van der Waals surface area contributed by atoms with Gasteiger partial charge >= 0.3 is 0 Å². The average molecular weight is 470 g/mol. The molecule has 0 amide bonds. The van der Waals surface area contributed by atoms with E-state index in [0.717, 1.165) is 0 Å². The highest BCUT2D eigenvalue weighted by atomic mass is 79.9. The first-order chi connectivity index (χ1) is 12.7. The fourth-order valence-electron chi connectivity index (χ4n) is 3.52. The topological polar surface area (TPSA) is 0 Å². The van der Waals surface area contributed by atoms with Gasteiger partial charge in [0.05, 0.1) is 0 Å². The monoisotopic (exact) mass is 468 g/mol. The molecule has 3 heterocycles. The first-order valence-electron chi connectivity index (χ1n) is 9.88. The second kappa shape index (κ2) is 10.5. The molecule has 2 aromatic rings. The number of thioether (sulfide) groups is 1. The van der Waals surface area contributed by atoms with E-state index < -0.39 is 0 Å². The SMILES string of the molecule is CCCCCCCCCCc1csc([C@@]2(Br)SC=C[C@@H]2c2cccs2)c1. The van der Waals surface area contributed by atoms with Gasteiger partial charge in [-0.3, -0.25) is 0 Å². The predicted octanol–water partition coefficient (Wildman–Crippen LogP) is 9.08. The van der Waals surface area contributed by atoms with Crippen molar-refractivity contribution in [2.75, 3.05) is 0 Å². The summed E-state index contributed by atoms with van der Waals surface area (Å²) in [5, 5.41) is 6.82. The van der Waals surface area contributed by atoms with Crippen molar-refractivity contribution < 1.29 is 0 Å². The van der Waals surface area contributed by atoms with Crippen LogP contribution in [0.25, 0.3) is 0 Å². The molecule has 3 rings (SSSR count). The molecule has 1 aliphatic rings. The number of thiophene rings is 2. The summed E-state index contributed by atoms with van der Waals surface area (Å²) in [5.41, 5.74) is 1.52. The van der Waals surface area contributed by atoms with Gasteiger partial charge in [0.1, 0.15) is 3.66 Å². The van der Waals surface area contributed by atoms with Crippen molar-refractivity contribution in [3.05, 3.63) is 55.8 Å². The zero-order valence-electron chi connectivity index (χ0n) is 15.6. The van der Waals surface area contributed by atoms with Crippen LogP contribution in [0.5, 0.6) is 0 Å². The van der Waals surface area contributed by atoms with Crippen molar-refractivity contribution >= 4 is 50.4 Å². The Kier molecular flexibility index (Phi) is 8.36. The van der Waals surface area contributed by atoms with Gasteiger partial charge in [0.25, 0.3) is 0 Å². The molecule has 0 N–H and O–H groups in total. The molecule has 2 aromatic heterocycles. The molecule has 0 radical (unpaired) electrons. The van der Waals surface area contributed by atoms with Crippen LogP contribution in [-0.4, -0.2) is 0 Å². The minimum atomic E-state index is -0.0138. The molecule has 0 saturated carbocycles. The van der Waals surface area contributed by atoms with Crippen LogP contribution >= 0.6 is 50.4 Å². The number of aryl methyl sites for hydroxylation is 1. The summed E-state index contributed by atoms with van der Waals surface area (Å²) in [6.07, 6.45) is 14.7. The average Bonchev–Trinajstić information content (AvgIpc) is 3.37. The lowest BCUT2D eigenvalue weighted by Crippen LogP contribution is -2.16. The third kappa shape index (κ3) is 5.27. The van der Waals surface area contributed by atoms with E-state index in [1.807, 2.05) is 34.4 Å². The first kappa shape index (κ1) is 20.7. The smallest absolute Gasteiger partial charge is 0.120 e. The highest BCUT2D eigenvalue weighted by Gasteiger charge is 2.42. The second-order valence-corrected chi connectivity index (χ2v) is 11.9. The van der Waals surface area contributed by atoms with E-state index in [1.165, 1.54) is 73.1 Å². The van der Waals surface area contributed by atoms with Gasteiger partial charge in [0, 0.05) is 15.7 Å². The molecule has 26 heavy (non-hydrogen) atoms. The Labute approximate surface area is 179 Å². The van der Waals surface area contributed by atoms with Gasteiger partial charge in [0.15, 0.2) is 0 Å². The van der Waals surface area contributed by atoms with Crippen molar-refractivity contribution in [1.82, 2.24) is 0 Å². The Bertz CT molecular complexity index is 673. The first-order valence-corrected chi connectivity index (χ1v) is 13.3. The highest BCUT2D eigenvalue weighted by Crippen LogP contribution is 2.60. The predicted molar refractivity (Wildman–Crippen MR) is 125 cm³/mol. The number of hydrogen-bond donors (Lipinski definition) is 0. The van der Waals surface area contributed by atoms with Gasteiger partial charge < -0.3 is 0 Å². The number of hydrogen-bond acceptors (Lipinski definition) is 3. The van der Waals surface area contributed by atoms with E-state index in [4.69, 9.17) is 0 Å². The molecule has 0 unspecified atom stereocenters. The fourth-order valence-corrected chi connectivity index (χ4v) is 7.96. The summed E-state index contributed by atoms with van der Waals surface area (Å²) in [6, 6.07) is 6.87. The molecule has 4 heteroatoms. The molecule has 0 spiro atoms. The molecular weight excluding hydrogens is 440 g/mol. The van der Waals surface area contributed by atoms with Crippen molar-refractivity contribution in [2.24, 2.45) is 0 Å². The quantitative estimate of drug-likeness (QED) is 0.234. The highest BCUT2D eigenvalue weighted by molar-refractivity contribution is 9.11. The standard InChI is InChI=1S/C22H29BrS3/c1-2-3-4-5-6-7-8-9-11-18-16-21(25-17-18)22(23)19(13-15-26-22)20-12-10-14-24-20/h10,12-17,19H,2-9,11H2,1H3/t19-,22+/m1/s1. The summed E-state index contributed by atoms with van der Waals surface area (Å²) in [4.78, 5) is 2.90. The summed E-state index contributed by atoms with van der Waals surface area (Å²) in [5.74, 6) is 0.433. The molecule has 0 bridgehead atoms. The Morgan fingerprint density at radius 2 is 1.81 bits per heavy atom. The van der Waals surface area contributed by atoms with Crippen LogP contribution in [0.2, 0.25) is 0 Å². The summed E-state index contributed by atoms with van der Waals surface area (Å²) in [6.45, 7) is 2.29. The largest absolute Gasteiger partial charge is 0.148 e. The van der Waals surface area contributed by atoms with Gasteiger partial charge in [-0.25, -0.2) is 0 Å². The van der Waals surface area contributed by atoms with E-state index in [1.54, 1.807) is 0 Å². The number of allylic oxidation sites excluding steroid dienone is 1. The van der Waals surface area contributed by atoms with Crippen LogP contribution in [0.15, 0.2) is 40.4 Å². The number of alkyl halides is 1. The van der Waals surface area contributed by atoms with Crippen LogP contribution in [0, 0.1) is 0 Å². The zero-order valence-corrected chi connectivity index (χ0v) is 19.6. The number of rotatable bonds is 11. The maximum atomic E-state index is 4.10. The van der Waals surface area contributed by atoms with Crippen molar-refractivity contribution in [3.8, 4) is 0 Å². The maximum absolute atomic E-state index is 4.10. The normalized spacial score (nSPS) is 22.3. The third-order valence-corrected chi connectivity index (χ3v) is 10.1. The maximum Gasteiger partial charge on any atom is 0.120 e. The minimum Gasteiger partial charge on any atom is -0.148 e. The van der Waals surface area contributed by atoms with Gasteiger partial charge in [-0.05, 0) is 46.7 Å². The Balaban J connectivity index is 1.47. The van der Waals surface area contributed by atoms with Crippen LogP contribution in [0.1, 0.15) is 79.5 Å². The van der Waals surface area contributed by atoms with Crippen LogP contribution in [0.4, 0.5) is 0 Å². The van der Waals surface area contributed by atoms with Crippen LogP contribution in [-0.2, 0) is 10.1 Å². The van der Waals surface area contributed by atoms with Gasteiger partial charge in [0.2, 0.25) is 0 Å². The lowest BCUT2D eigenvalue weighted by atomic mass is 10.0. The Hall–Kier alpha value is -0.0300. The minimum absolute atomic E-state index is 0.0138. The Morgan fingerprint density at radius 3 is 2.54 bits per heavy atom. The molecule has 142 valence electrons. The summed E-state index contributed by atoms with van der Waals surface area (Å²) < 4.78 is -0.0138. The molecule has 0 nitrogen and oxygen atoms in total. The van der Waals surface area contributed by atoms with Crippen LogP contribution in [0.3, 0.4) is 0 Å². The molecule has 0 saturated heterocycles. The van der Waals surface area contributed by atoms with Gasteiger partial charge in [-0.2, -0.15) is 0 Å². The molecule has 0 fully saturated rings. The molecule has 2 atom stereocenters. The van der Waals surface area contributed by atoms with E-state index >= 15 is 0 Å². The van der Waals surface area contributed by atoms with Crippen LogP contribution < -0.4 is 0 Å². The molecule has 1 aliphatic heterocycles. The third-order valence-electron chi connectivity index (χ3n) is 5.07. The number of unbranched alkanes of at least 4 members (excludes halogenated alkanes) is 7. The Morgan fingerprint density at radius 1 is 1.04 bits per heavy atom. The van der Waals surface area contributed by atoms with Gasteiger partial charge in [-0.1, -0.05) is 79.9 Å². The fraction of sp³-hybridized carbons (Fsp3) is 0.545. The van der Waals surface area contributed by atoms with Crippen molar-refractivity contribution in [3.63, 3.8) is 0 Å². The molecule has 0 aromatic carbocycles. The lowest BCUT2D eigenvalue weighted by Gasteiger charge is -2.26.